The quantitative estimate of drug-likeness (QED) is 0.579. The third-order valence-electron chi connectivity index (χ3n) is 5.25. The van der Waals surface area contributed by atoms with Crippen molar-refractivity contribution in [2.24, 2.45) is 0 Å². The lowest BCUT2D eigenvalue weighted by molar-refractivity contribution is 0.442. The predicted octanol–water partition coefficient (Wildman–Crippen LogP) is 6.15. The molecule has 0 saturated carbocycles. The Labute approximate surface area is 141 Å². The van der Waals surface area contributed by atoms with Gasteiger partial charge in [-0.3, -0.25) is 0 Å². The number of hydrogen-bond acceptors (Lipinski definition) is 1. The van der Waals surface area contributed by atoms with Crippen LogP contribution in [0.5, 0.6) is 0 Å². The van der Waals surface area contributed by atoms with Crippen molar-refractivity contribution in [2.75, 3.05) is 4.90 Å². The molecule has 2 aromatic carbocycles. The topological polar surface area (TPSA) is 3.24 Å². The number of anilines is 1. The zero-order valence-corrected chi connectivity index (χ0v) is 14.5. The summed E-state index contributed by atoms with van der Waals surface area (Å²) in [6.45, 7) is 4.66. The van der Waals surface area contributed by atoms with E-state index in [2.05, 4.69) is 73.3 Å². The normalized spacial score (nSPS) is 18.5. The maximum Gasteiger partial charge on any atom is 0.0517 e. The minimum absolute atomic E-state index is 0.435. The highest BCUT2D eigenvalue weighted by molar-refractivity contribution is 5.58. The summed E-state index contributed by atoms with van der Waals surface area (Å²) in [7, 11) is 0. The molecule has 122 valence electrons. The van der Waals surface area contributed by atoms with Gasteiger partial charge in [0.2, 0.25) is 0 Å². The zero-order chi connectivity index (χ0) is 16.1. The van der Waals surface area contributed by atoms with Crippen LogP contribution in [0.1, 0.15) is 63.1 Å². The van der Waals surface area contributed by atoms with Crippen molar-refractivity contribution in [3.8, 4) is 0 Å². The van der Waals surface area contributed by atoms with Gasteiger partial charge in [-0.25, -0.2) is 0 Å². The van der Waals surface area contributed by atoms with E-state index in [0.717, 1.165) is 0 Å². The molecule has 1 aliphatic heterocycles. The van der Waals surface area contributed by atoms with Crippen molar-refractivity contribution < 1.29 is 0 Å². The van der Waals surface area contributed by atoms with Gasteiger partial charge >= 0.3 is 0 Å². The molecule has 0 radical (unpaired) electrons. The van der Waals surface area contributed by atoms with Crippen molar-refractivity contribution in [3.63, 3.8) is 0 Å². The first-order valence-electron chi connectivity index (χ1n) is 9.22. The first-order valence-corrected chi connectivity index (χ1v) is 9.22. The summed E-state index contributed by atoms with van der Waals surface area (Å²) in [4.78, 5) is 2.70. The van der Waals surface area contributed by atoms with Gasteiger partial charge in [0.15, 0.2) is 0 Å². The zero-order valence-electron chi connectivity index (χ0n) is 14.5. The summed E-state index contributed by atoms with van der Waals surface area (Å²) < 4.78 is 0. The maximum absolute atomic E-state index is 2.70. The molecule has 23 heavy (non-hydrogen) atoms. The Balaban J connectivity index is 1.89. The highest BCUT2D eigenvalue weighted by atomic mass is 15.2. The molecular formula is C22H29N. The molecular weight excluding hydrogens is 278 g/mol. The molecule has 0 unspecified atom stereocenters. The van der Waals surface area contributed by atoms with Crippen molar-refractivity contribution in [3.05, 3.63) is 65.7 Å². The molecule has 0 aliphatic carbocycles. The minimum Gasteiger partial charge on any atom is -0.362 e. The first-order chi connectivity index (χ1) is 11.3. The van der Waals surface area contributed by atoms with Crippen molar-refractivity contribution >= 4 is 5.69 Å². The number of fused-ring (bicyclic) bond motifs is 1. The number of hydrogen-bond donors (Lipinski definition) is 0. The molecule has 0 amide bonds. The highest BCUT2D eigenvalue weighted by Gasteiger charge is 2.29. The third kappa shape index (κ3) is 3.60. The van der Waals surface area contributed by atoms with Crippen LogP contribution in [0.3, 0.4) is 0 Å². The summed E-state index contributed by atoms with van der Waals surface area (Å²) in [5.74, 6) is 0. The van der Waals surface area contributed by atoms with Crippen LogP contribution in [0, 0.1) is 0 Å². The van der Waals surface area contributed by atoms with E-state index in [-0.39, 0.29) is 0 Å². The molecule has 2 atom stereocenters. The van der Waals surface area contributed by atoms with Gasteiger partial charge in [0.05, 0.1) is 6.04 Å². The Morgan fingerprint density at radius 1 is 1.00 bits per heavy atom. The summed E-state index contributed by atoms with van der Waals surface area (Å²) in [5.41, 5.74) is 4.39. The van der Waals surface area contributed by atoms with E-state index >= 15 is 0 Å². The summed E-state index contributed by atoms with van der Waals surface area (Å²) in [6.07, 6.45) is 7.84. The Kier molecular flexibility index (Phi) is 5.38. The highest BCUT2D eigenvalue weighted by Crippen LogP contribution is 2.38. The monoisotopic (exact) mass is 307 g/mol. The molecule has 0 fully saturated rings. The molecule has 0 spiro atoms. The van der Waals surface area contributed by atoms with E-state index < -0.39 is 0 Å². The molecule has 0 N–H and O–H groups in total. The average Bonchev–Trinajstić information content (AvgIpc) is 2.62. The molecule has 1 nitrogen and oxygen atoms in total. The number of rotatable bonds is 6. The van der Waals surface area contributed by atoms with Crippen LogP contribution in [0.4, 0.5) is 5.69 Å². The van der Waals surface area contributed by atoms with E-state index in [1.54, 1.807) is 0 Å². The van der Waals surface area contributed by atoms with Crippen molar-refractivity contribution in [1.29, 1.82) is 0 Å². The SMILES string of the molecule is CCCCC[C@@H]1CCc2ccccc2N1[C@@H](C)c1ccccc1. The second kappa shape index (κ2) is 7.68. The number of aryl methyl sites for hydroxylation is 1. The van der Waals surface area contributed by atoms with Crippen LogP contribution >= 0.6 is 0 Å². The van der Waals surface area contributed by atoms with Gasteiger partial charge in [0.25, 0.3) is 0 Å². The van der Waals surface area contributed by atoms with Gasteiger partial charge in [-0.15, -0.1) is 0 Å². The number of benzene rings is 2. The number of para-hydroxylation sites is 1. The molecule has 1 aliphatic rings. The van der Waals surface area contributed by atoms with Crippen LogP contribution in [-0.2, 0) is 6.42 Å². The van der Waals surface area contributed by atoms with Crippen molar-refractivity contribution in [1.82, 2.24) is 0 Å². The van der Waals surface area contributed by atoms with E-state index in [1.807, 2.05) is 0 Å². The van der Waals surface area contributed by atoms with Crippen LogP contribution < -0.4 is 4.90 Å². The molecule has 1 heterocycles. The Hall–Kier alpha value is -1.76. The van der Waals surface area contributed by atoms with Gasteiger partial charge in [-0.1, -0.05) is 74.7 Å². The van der Waals surface area contributed by atoms with Crippen LogP contribution in [-0.4, -0.2) is 6.04 Å². The summed E-state index contributed by atoms with van der Waals surface area (Å²) in [6, 6.07) is 21.1. The Bertz CT molecular complexity index is 604. The largest absolute Gasteiger partial charge is 0.362 e. The lowest BCUT2D eigenvalue weighted by atomic mass is 9.90. The predicted molar refractivity (Wildman–Crippen MR) is 100 cm³/mol. The smallest absolute Gasteiger partial charge is 0.0517 e. The maximum atomic E-state index is 2.70. The Morgan fingerprint density at radius 2 is 1.74 bits per heavy atom. The number of nitrogens with zero attached hydrogens (tertiary/aromatic N) is 1. The van der Waals surface area contributed by atoms with Crippen LogP contribution in [0.2, 0.25) is 0 Å². The fourth-order valence-electron chi connectivity index (χ4n) is 3.96. The fourth-order valence-corrected chi connectivity index (χ4v) is 3.96. The van der Waals surface area contributed by atoms with Crippen molar-refractivity contribution in [2.45, 2.75) is 64.5 Å². The second-order valence-corrected chi connectivity index (χ2v) is 6.81. The lowest BCUT2D eigenvalue weighted by Crippen LogP contribution is -2.41. The summed E-state index contributed by atoms with van der Waals surface area (Å²) >= 11 is 0. The van der Waals surface area contributed by atoms with Gasteiger partial charge in [-0.05, 0) is 43.4 Å². The lowest BCUT2D eigenvalue weighted by Gasteiger charge is -2.43. The second-order valence-electron chi connectivity index (χ2n) is 6.81. The van der Waals surface area contributed by atoms with E-state index in [1.165, 1.54) is 55.3 Å². The molecule has 0 aromatic heterocycles. The standard InChI is InChI=1S/C22H29N/c1-3-4-6-14-21-17-16-20-13-9-10-15-22(20)23(21)18(2)19-11-7-5-8-12-19/h5,7-13,15,18,21H,3-4,6,14,16-17H2,1-2H3/t18-,21+/m0/s1. The number of unbranched alkanes of at least 4 members (excludes halogenated alkanes) is 2. The molecule has 0 saturated heterocycles. The Morgan fingerprint density at radius 3 is 2.52 bits per heavy atom. The molecule has 3 rings (SSSR count). The minimum atomic E-state index is 0.435. The fraction of sp³-hybridized carbons (Fsp3) is 0.455. The van der Waals surface area contributed by atoms with Crippen LogP contribution in [0.25, 0.3) is 0 Å². The van der Waals surface area contributed by atoms with Crippen LogP contribution in [0.15, 0.2) is 54.6 Å². The van der Waals surface area contributed by atoms with Gasteiger partial charge in [0.1, 0.15) is 0 Å². The van der Waals surface area contributed by atoms with E-state index in [0.29, 0.717) is 12.1 Å². The first kappa shape index (κ1) is 16.1. The average molecular weight is 307 g/mol. The van der Waals surface area contributed by atoms with Gasteiger partial charge < -0.3 is 4.90 Å². The molecule has 1 heteroatoms. The molecule has 0 bridgehead atoms. The third-order valence-corrected chi connectivity index (χ3v) is 5.25. The van der Waals surface area contributed by atoms with Gasteiger partial charge in [-0.2, -0.15) is 0 Å². The molecule has 2 aromatic rings. The van der Waals surface area contributed by atoms with Gasteiger partial charge in [0, 0.05) is 11.7 Å². The van der Waals surface area contributed by atoms with E-state index in [4.69, 9.17) is 0 Å². The van der Waals surface area contributed by atoms with E-state index in [9.17, 15) is 0 Å². The summed E-state index contributed by atoms with van der Waals surface area (Å²) in [5, 5.41) is 0.